The van der Waals surface area contributed by atoms with Gasteiger partial charge in [0.05, 0.1) is 13.2 Å². The van der Waals surface area contributed by atoms with E-state index in [1.165, 1.54) is 193 Å². The van der Waals surface area contributed by atoms with Crippen molar-refractivity contribution in [1.82, 2.24) is 0 Å². The van der Waals surface area contributed by atoms with Crippen LogP contribution in [0.25, 0.3) is 0 Å². The molecule has 3 nitrogen and oxygen atoms in total. The predicted octanol–water partition coefficient (Wildman–Crippen LogP) is 12.9. The Bertz CT molecular complexity index is 455. The first-order valence-electron chi connectivity index (χ1n) is 19.6. The summed E-state index contributed by atoms with van der Waals surface area (Å²) in [4.78, 5) is 0. The Morgan fingerprint density at radius 3 is 0.905 bits per heavy atom. The van der Waals surface area contributed by atoms with Crippen LogP contribution in [0.4, 0.5) is 0 Å². The summed E-state index contributed by atoms with van der Waals surface area (Å²) in [5, 5.41) is 9.60. The van der Waals surface area contributed by atoms with E-state index in [4.69, 9.17) is 9.47 Å². The van der Waals surface area contributed by atoms with Gasteiger partial charge in [0.15, 0.2) is 0 Å². The Balaban J connectivity index is 3.24. The number of hydrogen-bond acceptors (Lipinski definition) is 3. The van der Waals surface area contributed by atoms with E-state index in [0.29, 0.717) is 6.61 Å². The average Bonchev–Trinajstić information content (AvgIpc) is 3.00. The number of aliphatic hydroxyl groups is 1. The largest absolute Gasteiger partial charge is 0.394 e. The quantitative estimate of drug-likeness (QED) is 0.0720. The number of aliphatic hydroxyl groups excluding tert-OH is 1. The Hall–Kier alpha value is -0.120. The lowest BCUT2D eigenvalue weighted by Gasteiger charge is -2.15. The van der Waals surface area contributed by atoms with Gasteiger partial charge in [0.2, 0.25) is 0 Å². The Labute approximate surface area is 266 Å². The van der Waals surface area contributed by atoms with Crippen LogP contribution in [0.2, 0.25) is 0 Å². The van der Waals surface area contributed by atoms with Crippen molar-refractivity contribution in [2.45, 2.75) is 225 Å². The lowest BCUT2D eigenvalue weighted by Crippen LogP contribution is -2.24. The molecule has 0 aliphatic rings. The van der Waals surface area contributed by atoms with Gasteiger partial charge >= 0.3 is 0 Å². The van der Waals surface area contributed by atoms with Crippen LogP contribution < -0.4 is 0 Å². The van der Waals surface area contributed by atoms with E-state index in [0.717, 1.165) is 26.1 Å². The highest BCUT2D eigenvalue weighted by atomic mass is 16.5. The minimum absolute atomic E-state index is 0.0673. The standard InChI is InChI=1S/C39H80O3/c1-3-5-7-9-11-13-15-17-19-21-23-25-27-29-31-33-35-41-38-39(37-40)42-36-34-32-30-28-26-24-22-20-18-16-14-12-10-8-6-4-2/h39-40H,3-38H2,1-2H3/t39-/m1/s1. The molecule has 0 spiro atoms. The van der Waals surface area contributed by atoms with Crippen LogP contribution in [0, 0.1) is 0 Å². The van der Waals surface area contributed by atoms with Crippen LogP contribution >= 0.6 is 0 Å². The Morgan fingerprint density at radius 2 is 0.619 bits per heavy atom. The van der Waals surface area contributed by atoms with Gasteiger partial charge in [0, 0.05) is 13.2 Å². The van der Waals surface area contributed by atoms with E-state index in [9.17, 15) is 5.11 Å². The molecule has 0 rings (SSSR count). The zero-order chi connectivity index (χ0) is 30.4. The maximum Gasteiger partial charge on any atom is 0.104 e. The SMILES string of the molecule is CCCCCCCCCCCCCCCCCCOC[C@@H](CO)OCCCCCCCCCCCCCCCCCC. The normalized spacial score (nSPS) is 12.4. The molecule has 0 unspecified atom stereocenters. The van der Waals surface area contributed by atoms with E-state index in [1.807, 2.05) is 0 Å². The van der Waals surface area contributed by atoms with E-state index in [1.54, 1.807) is 0 Å². The summed E-state index contributed by atoms with van der Waals surface area (Å²) in [6.07, 6.45) is 44.3. The fourth-order valence-corrected chi connectivity index (χ4v) is 6.02. The third-order valence-corrected chi connectivity index (χ3v) is 9.00. The van der Waals surface area contributed by atoms with Gasteiger partial charge in [-0.3, -0.25) is 0 Å². The first kappa shape index (κ1) is 41.9. The van der Waals surface area contributed by atoms with E-state index < -0.39 is 0 Å². The molecular weight excluding hydrogens is 516 g/mol. The first-order chi connectivity index (χ1) is 20.8. The number of unbranched alkanes of at least 4 members (excludes halogenated alkanes) is 30. The van der Waals surface area contributed by atoms with Crippen LogP contribution in [0.1, 0.15) is 219 Å². The summed E-state index contributed by atoms with van der Waals surface area (Å²) in [5.74, 6) is 0. The molecule has 0 fully saturated rings. The number of rotatable bonds is 38. The first-order valence-corrected chi connectivity index (χ1v) is 19.6. The molecule has 0 aliphatic carbocycles. The van der Waals surface area contributed by atoms with Gasteiger partial charge in [-0.2, -0.15) is 0 Å². The number of ether oxygens (including phenoxy) is 2. The summed E-state index contributed by atoms with van der Waals surface area (Å²) in [5.41, 5.74) is 0. The summed E-state index contributed by atoms with van der Waals surface area (Å²) < 4.78 is 11.7. The molecule has 42 heavy (non-hydrogen) atoms. The molecule has 0 heterocycles. The average molecular weight is 597 g/mol. The molecule has 0 saturated heterocycles. The van der Waals surface area contributed by atoms with Gasteiger partial charge in [-0.05, 0) is 12.8 Å². The summed E-state index contributed by atoms with van der Waals surface area (Å²) >= 11 is 0. The smallest absolute Gasteiger partial charge is 0.104 e. The van der Waals surface area contributed by atoms with Crippen LogP contribution in [0.15, 0.2) is 0 Å². The maximum atomic E-state index is 9.60. The highest BCUT2D eigenvalue weighted by molar-refractivity contribution is 4.56. The number of hydrogen-bond donors (Lipinski definition) is 1. The third-order valence-electron chi connectivity index (χ3n) is 9.00. The van der Waals surface area contributed by atoms with Crippen LogP contribution in [-0.4, -0.2) is 37.6 Å². The minimum Gasteiger partial charge on any atom is -0.394 e. The molecule has 1 atom stereocenters. The van der Waals surface area contributed by atoms with E-state index in [-0.39, 0.29) is 12.7 Å². The van der Waals surface area contributed by atoms with Gasteiger partial charge in [0.25, 0.3) is 0 Å². The third kappa shape index (κ3) is 36.1. The molecule has 0 radical (unpaired) electrons. The zero-order valence-corrected chi connectivity index (χ0v) is 29.3. The molecule has 0 aromatic carbocycles. The molecule has 3 heteroatoms. The lowest BCUT2D eigenvalue weighted by atomic mass is 10.0. The maximum absolute atomic E-state index is 9.60. The van der Waals surface area contributed by atoms with Crippen molar-refractivity contribution in [2.75, 3.05) is 26.4 Å². The molecule has 1 N–H and O–H groups in total. The van der Waals surface area contributed by atoms with Gasteiger partial charge in [-0.15, -0.1) is 0 Å². The van der Waals surface area contributed by atoms with Crippen molar-refractivity contribution in [1.29, 1.82) is 0 Å². The molecule has 0 bridgehead atoms. The van der Waals surface area contributed by atoms with Crippen LogP contribution in [0.5, 0.6) is 0 Å². The topological polar surface area (TPSA) is 38.7 Å². The molecule has 0 saturated carbocycles. The van der Waals surface area contributed by atoms with Gasteiger partial charge in [-0.1, -0.05) is 206 Å². The van der Waals surface area contributed by atoms with Crippen molar-refractivity contribution in [2.24, 2.45) is 0 Å². The molecule has 0 aromatic rings. The van der Waals surface area contributed by atoms with Crippen LogP contribution in [-0.2, 0) is 9.47 Å². The van der Waals surface area contributed by atoms with Crippen molar-refractivity contribution >= 4 is 0 Å². The second kappa shape index (κ2) is 38.9. The summed E-state index contributed by atoms with van der Waals surface area (Å²) in [7, 11) is 0. The van der Waals surface area contributed by atoms with Crippen LogP contribution in [0.3, 0.4) is 0 Å². The molecular formula is C39H80O3. The predicted molar refractivity (Wildman–Crippen MR) is 187 cm³/mol. The van der Waals surface area contributed by atoms with Gasteiger partial charge < -0.3 is 14.6 Å². The summed E-state index contributed by atoms with van der Waals surface area (Å²) in [6.45, 7) is 6.75. The van der Waals surface area contributed by atoms with Gasteiger partial charge in [0.1, 0.15) is 6.10 Å². The highest BCUT2D eigenvalue weighted by Gasteiger charge is 2.07. The minimum atomic E-state index is -0.151. The molecule has 0 aromatic heterocycles. The fraction of sp³-hybridized carbons (Fsp3) is 1.00. The van der Waals surface area contributed by atoms with Crippen molar-refractivity contribution < 1.29 is 14.6 Å². The second-order valence-electron chi connectivity index (χ2n) is 13.4. The van der Waals surface area contributed by atoms with E-state index in [2.05, 4.69) is 13.8 Å². The molecule has 254 valence electrons. The Morgan fingerprint density at radius 1 is 0.357 bits per heavy atom. The monoisotopic (exact) mass is 597 g/mol. The lowest BCUT2D eigenvalue weighted by molar-refractivity contribution is -0.0437. The summed E-state index contributed by atoms with van der Waals surface area (Å²) in [6, 6.07) is 0. The second-order valence-corrected chi connectivity index (χ2v) is 13.4. The van der Waals surface area contributed by atoms with Gasteiger partial charge in [-0.25, -0.2) is 0 Å². The van der Waals surface area contributed by atoms with Crippen molar-refractivity contribution in [3.05, 3.63) is 0 Å². The fourth-order valence-electron chi connectivity index (χ4n) is 6.02. The molecule has 0 amide bonds. The van der Waals surface area contributed by atoms with Crippen molar-refractivity contribution in [3.63, 3.8) is 0 Å². The zero-order valence-electron chi connectivity index (χ0n) is 29.3. The van der Waals surface area contributed by atoms with Crippen molar-refractivity contribution in [3.8, 4) is 0 Å². The Kier molecular flexibility index (Phi) is 38.8. The molecule has 0 aliphatic heterocycles. The van der Waals surface area contributed by atoms with E-state index >= 15 is 0 Å². The highest BCUT2D eigenvalue weighted by Crippen LogP contribution is 2.15.